The third kappa shape index (κ3) is 1.65. The topological polar surface area (TPSA) is 61.8 Å². The van der Waals surface area contributed by atoms with E-state index < -0.39 is 11.9 Å². The first-order valence-electron chi connectivity index (χ1n) is 6.65. The third-order valence-corrected chi connectivity index (χ3v) is 3.66. The van der Waals surface area contributed by atoms with E-state index in [9.17, 15) is 9.59 Å². The lowest BCUT2D eigenvalue weighted by molar-refractivity contribution is -0.129. The molecule has 0 saturated heterocycles. The van der Waals surface area contributed by atoms with Crippen LogP contribution in [0.4, 0.5) is 0 Å². The summed E-state index contributed by atoms with van der Waals surface area (Å²) in [5.74, 6) is -0.0891. The van der Waals surface area contributed by atoms with Crippen LogP contribution in [0.1, 0.15) is 5.56 Å². The number of esters is 2. The zero-order chi connectivity index (χ0) is 15.3. The number of carbonyl (C=O) groups excluding carboxylic acids is 2. The fourth-order valence-electron chi connectivity index (χ4n) is 2.69. The molecule has 22 heavy (non-hydrogen) atoms. The minimum absolute atomic E-state index is 0.113. The number of rotatable bonds is 2. The van der Waals surface area contributed by atoms with E-state index in [1.165, 1.54) is 7.11 Å². The van der Waals surface area contributed by atoms with Crippen molar-refractivity contribution in [2.45, 2.75) is 0 Å². The van der Waals surface area contributed by atoms with Crippen molar-refractivity contribution in [2.24, 2.45) is 0 Å². The van der Waals surface area contributed by atoms with Gasteiger partial charge >= 0.3 is 11.9 Å². The van der Waals surface area contributed by atoms with Crippen molar-refractivity contribution in [3.8, 4) is 11.5 Å². The first kappa shape index (κ1) is 12.6. The maximum atomic E-state index is 12.2. The molecule has 4 rings (SSSR count). The lowest BCUT2D eigenvalue weighted by atomic mass is 10.0. The van der Waals surface area contributed by atoms with Gasteiger partial charge in [-0.3, -0.25) is 0 Å². The summed E-state index contributed by atoms with van der Waals surface area (Å²) in [5, 5.41) is 1.11. The number of hydrogen-bond donors (Lipinski definition) is 0. The van der Waals surface area contributed by atoms with Gasteiger partial charge in [0.15, 0.2) is 0 Å². The standard InChI is InChI=1S/C17H10O5/c1-20-15-11-8-12-10(7-13(11)22-17(15)19)14(16(18)21-12)9-5-3-2-4-6-9/h2-8H,1H3. The molecule has 0 unspecified atom stereocenters. The molecule has 0 fully saturated rings. The van der Waals surface area contributed by atoms with Crippen molar-refractivity contribution in [2.75, 3.05) is 7.11 Å². The molecule has 0 saturated carbocycles. The molecular formula is C17H10O5. The van der Waals surface area contributed by atoms with Gasteiger partial charge < -0.3 is 14.2 Å². The fourth-order valence-corrected chi connectivity index (χ4v) is 2.69. The maximum absolute atomic E-state index is 12.2. The summed E-state index contributed by atoms with van der Waals surface area (Å²) in [7, 11) is 1.40. The van der Waals surface area contributed by atoms with Gasteiger partial charge in [-0.05, 0) is 17.7 Å². The second-order valence-corrected chi connectivity index (χ2v) is 4.90. The average Bonchev–Trinajstić information content (AvgIpc) is 3.00. The van der Waals surface area contributed by atoms with Crippen molar-refractivity contribution in [3.63, 3.8) is 0 Å². The lowest BCUT2D eigenvalue weighted by Gasteiger charge is -1.98. The Balaban J connectivity index is 2.04. The Morgan fingerprint density at radius 1 is 0.864 bits per heavy atom. The van der Waals surface area contributed by atoms with Crippen LogP contribution >= 0.6 is 0 Å². The number of carbonyl (C=O) groups is 2. The Labute approximate surface area is 125 Å². The molecule has 5 nitrogen and oxygen atoms in total. The number of fused-ring (bicyclic) bond motifs is 2. The van der Waals surface area contributed by atoms with Crippen LogP contribution in [0.5, 0.6) is 11.5 Å². The molecular weight excluding hydrogens is 284 g/mol. The van der Waals surface area contributed by atoms with Crippen LogP contribution in [-0.4, -0.2) is 19.0 Å². The van der Waals surface area contributed by atoms with Gasteiger partial charge in [0.2, 0.25) is 5.76 Å². The first-order valence-corrected chi connectivity index (χ1v) is 6.65. The number of benzene rings is 2. The molecule has 0 bridgehead atoms. The molecule has 2 heterocycles. The van der Waals surface area contributed by atoms with Crippen LogP contribution in [0.15, 0.2) is 42.5 Å². The zero-order valence-corrected chi connectivity index (χ0v) is 11.6. The highest BCUT2D eigenvalue weighted by atomic mass is 16.6. The van der Waals surface area contributed by atoms with Crippen LogP contribution in [0.3, 0.4) is 0 Å². The van der Waals surface area contributed by atoms with E-state index in [1.54, 1.807) is 12.1 Å². The van der Waals surface area contributed by atoms with Gasteiger partial charge in [0, 0.05) is 5.22 Å². The summed E-state index contributed by atoms with van der Waals surface area (Å²) >= 11 is 0. The van der Waals surface area contributed by atoms with E-state index in [-0.39, 0.29) is 5.76 Å². The van der Waals surface area contributed by atoms with Crippen molar-refractivity contribution in [1.29, 1.82) is 0 Å². The van der Waals surface area contributed by atoms with Gasteiger partial charge in [0.1, 0.15) is 11.5 Å². The molecule has 5 heteroatoms. The average molecular weight is 294 g/mol. The van der Waals surface area contributed by atoms with Crippen molar-refractivity contribution >= 4 is 23.3 Å². The number of methoxy groups -OCH3 is 1. The zero-order valence-electron chi connectivity index (χ0n) is 11.6. The monoisotopic (exact) mass is 294 g/mol. The van der Waals surface area contributed by atoms with E-state index in [4.69, 9.17) is 14.2 Å². The van der Waals surface area contributed by atoms with E-state index in [0.29, 0.717) is 27.5 Å². The molecule has 0 N–H and O–H groups in total. The maximum Gasteiger partial charge on any atom is 0.379 e. The van der Waals surface area contributed by atoms with Gasteiger partial charge in [0.25, 0.3) is 0 Å². The van der Waals surface area contributed by atoms with E-state index in [0.717, 1.165) is 5.56 Å². The summed E-state index contributed by atoms with van der Waals surface area (Å²) in [6.45, 7) is 0. The summed E-state index contributed by atoms with van der Waals surface area (Å²) in [6, 6.07) is 12.5. The van der Waals surface area contributed by atoms with Crippen LogP contribution in [-0.2, 0) is 14.3 Å². The molecule has 0 spiro atoms. The van der Waals surface area contributed by atoms with Gasteiger partial charge in [-0.1, -0.05) is 30.3 Å². The second kappa shape index (κ2) is 4.46. The predicted octanol–water partition coefficient (Wildman–Crippen LogP) is 0.478. The molecule has 0 radical (unpaired) electrons. The largest absolute Gasteiger partial charge is 0.489 e. The van der Waals surface area contributed by atoms with Crippen molar-refractivity contribution in [1.82, 2.24) is 0 Å². The predicted molar refractivity (Wildman–Crippen MR) is 76.3 cm³/mol. The third-order valence-electron chi connectivity index (χ3n) is 3.66. The van der Waals surface area contributed by atoms with Crippen LogP contribution < -0.4 is 19.9 Å². The van der Waals surface area contributed by atoms with E-state index in [1.807, 2.05) is 30.3 Å². The van der Waals surface area contributed by atoms with Crippen LogP contribution in [0.2, 0.25) is 0 Å². The van der Waals surface area contributed by atoms with Crippen molar-refractivity contribution in [3.05, 3.63) is 58.5 Å². The number of ether oxygens (including phenoxy) is 3. The smallest absolute Gasteiger partial charge is 0.379 e. The molecule has 2 aromatic rings. The van der Waals surface area contributed by atoms with Gasteiger partial charge in [-0.25, -0.2) is 9.59 Å². The van der Waals surface area contributed by atoms with Gasteiger partial charge in [-0.15, -0.1) is 0 Å². The second-order valence-electron chi connectivity index (χ2n) is 4.90. The first-order chi connectivity index (χ1) is 10.7. The Hall–Kier alpha value is -3.08. The number of hydrogen-bond acceptors (Lipinski definition) is 5. The highest BCUT2D eigenvalue weighted by Crippen LogP contribution is 2.24. The van der Waals surface area contributed by atoms with E-state index in [2.05, 4.69) is 0 Å². The molecule has 2 aliphatic rings. The molecule has 0 amide bonds. The minimum Gasteiger partial charge on any atom is -0.489 e. The highest BCUT2D eigenvalue weighted by Gasteiger charge is 2.30. The SMILES string of the molecule is COC1=c2cc3c(cc2OC1=O)=C(c1ccccc1)C(=O)O3. The normalized spacial score (nSPS) is 15.3. The summed E-state index contributed by atoms with van der Waals surface area (Å²) in [5.41, 5.74) is 1.21. The lowest BCUT2D eigenvalue weighted by Crippen LogP contribution is -2.11. The van der Waals surface area contributed by atoms with Gasteiger partial charge in [0.05, 0.1) is 17.9 Å². The Bertz CT molecular complexity index is 941. The summed E-state index contributed by atoms with van der Waals surface area (Å²) in [6.07, 6.45) is 0. The Kier molecular flexibility index (Phi) is 2.56. The molecule has 0 atom stereocenters. The van der Waals surface area contributed by atoms with Gasteiger partial charge in [-0.2, -0.15) is 0 Å². The minimum atomic E-state index is -0.547. The Morgan fingerprint density at radius 2 is 1.50 bits per heavy atom. The fraction of sp³-hybridized carbons (Fsp3) is 0.0588. The van der Waals surface area contributed by atoms with Crippen molar-refractivity contribution < 1.29 is 23.8 Å². The molecule has 2 aliphatic heterocycles. The Morgan fingerprint density at radius 3 is 2.23 bits per heavy atom. The highest BCUT2D eigenvalue weighted by molar-refractivity contribution is 6.19. The molecule has 0 aromatic heterocycles. The van der Waals surface area contributed by atoms with E-state index >= 15 is 0 Å². The van der Waals surface area contributed by atoms with Crippen LogP contribution in [0, 0.1) is 0 Å². The molecule has 108 valence electrons. The molecule has 0 aliphatic carbocycles. The summed E-state index contributed by atoms with van der Waals surface area (Å²) in [4.78, 5) is 23.9. The summed E-state index contributed by atoms with van der Waals surface area (Å²) < 4.78 is 15.5. The van der Waals surface area contributed by atoms with Crippen LogP contribution in [0.25, 0.3) is 11.3 Å². The molecule has 2 aromatic carbocycles. The quantitative estimate of drug-likeness (QED) is 0.595.